The summed E-state index contributed by atoms with van der Waals surface area (Å²) in [6.07, 6.45) is 9.51. The molecule has 1 nitrogen and oxygen atoms in total. The molecule has 0 aliphatic heterocycles. The molecule has 0 amide bonds. The molecule has 1 aliphatic carbocycles. The van der Waals surface area contributed by atoms with Crippen molar-refractivity contribution < 1.29 is 0 Å². The Morgan fingerprint density at radius 1 is 1.07 bits per heavy atom. The van der Waals surface area contributed by atoms with Crippen molar-refractivity contribution >= 4 is 6.21 Å². The molecule has 0 atom stereocenters. The summed E-state index contributed by atoms with van der Waals surface area (Å²) in [4.78, 5) is 0. The van der Waals surface area contributed by atoms with Crippen molar-refractivity contribution in [2.75, 3.05) is 0 Å². The molecule has 0 radical (unpaired) electrons. The van der Waals surface area contributed by atoms with E-state index in [2.05, 4.69) is 18.7 Å². The first-order valence-electron chi connectivity index (χ1n) is 5.42. The Morgan fingerprint density at radius 2 is 1.50 bits per heavy atom. The number of allylic oxidation sites excluding steroid dienone is 5. The molecule has 0 fully saturated rings. The molecule has 0 saturated heterocycles. The second-order valence-corrected chi connectivity index (χ2v) is 2.24. The summed E-state index contributed by atoms with van der Waals surface area (Å²) in [5.74, 6) is 0. The molecule has 0 saturated carbocycles. The van der Waals surface area contributed by atoms with E-state index in [0.29, 0.717) is 0 Å². The first-order valence-corrected chi connectivity index (χ1v) is 5.42. The second-order valence-electron chi connectivity index (χ2n) is 2.24. The van der Waals surface area contributed by atoms with Gasteiger partial charge >= 0.3 is 0 Å². The van der Waals surface area contributed by atoms with Gasteiger partial charge in [0.1, 0.15) is 0 Å². The quantitative estimate of drug-likeness (QED) is 0.623. The Hall–Kier alpha value is -1.11. The molecule has 1 rings (SSSR count). The number of rotatable bonds is 2. The Bertz CT molecular complexity index is 185. The summed E-state index contributed by atoms with van der Waals surface area (Å²) in [5.41, 5.74) is 2.10. The zero-order valence-electron chi connectivity index (χ0n) is 9.93. The van der Waals surface area contributed by atoms with E-state index in [0.717, 1.165) is 24.0 Å². The summed E-state index contributed by atoms with van der Waals surface area (Å²) in [5, 5.41) is 7.05. The standard InChI is InChI=1S/C9H11N.2C2H6/c1-2-8-5-3-4-6-9(8)7-10;2*1-2/h2,5-7,10H,1,3-4H2;2*1-2H3. The SMILES string of the molecule is C=CC1=CCCC=C1C=N.CC.CC. The van der Waals surface area contributed by atoms with E-state index in [1.54, 1.807) is 6.08 Å². The smallest absolute Gasteiger partial charge is 0.0253 e. The molecule has 0 aromatic rings. The fourth-order valence-electron chi connectivity index (χ4n) is 1.06. The molecule has 0 aromatic carbocycles. The van der Waals surface area contributed by atoms with E-state index >= 15 is 0 Å². The van der Waals surface area contributed by atoms with Crippen molar-refractivity contribution in [1.29, 1.82) is 5.41 Å². The first kappa shape index (κ1) is 15.4. The first-order chi connectivity index (χ1) is 6.88. The Kier molecular flexibility index (Phi) is 13.1. The van der Waals surface area contributed by atoms with Gasteiger partial charge in [-0.3, -0.25) is 0 Å². The van der Waals surface area contributed by atoms with Gasteiger partial charge in [-0.25, -0.2) is 0 Å². The van der Waals surface area contributed by atoms with Gasteiger partial charge in [0.25, 0.3) is 0 Å². The van der Waals surface area contributed by atoms with Crippen molar-refractivity contribution in [2.45, 2.75) is 40.5 Å². The van der Waals surface area contributed by atoms with Crippen molar-refractivity contribution in [1.82, 2.24) is 0 Å². The van der Waals surface area contributed by atoms with Crippen LogP contribution in [0.15, 0.2) is 36.0 Å². The van der Waals surface area contributed by atoms with Crippen molar-refractivity contribution in [3.63, 3.8) is 0 Å². The zero-order chi connectivity index (χ0) is 11.4. The fourth-order valence-corrected chi connectivity index (χ4v) is 1.06. The lowest BCUT2D eigenvalue weighted by molar-refractivity contribution is 1.02. The van der Waals surface area contributed by atoms with Gasteiger partial charge in [0.05, 0.1) is 0 Å². The number of hydrogen-bond donors (Lipinski definition) is 1. The molecule has 0 spiro atoms. The molecule has 1 N–H and O–H groups in total. The second kappa shape index (κ2) is 11.9. The minimum absolute atomic E-state index is 1.00. The molecule has 80 valence electrons. The van der Waals surface area contributed by atoms with Crippen LogP contribution in [-0.2, 0) is 0 Å². The maximum absolute atomic E-state index is 7.05. The topological polar surface area (TPSA) is 23.9 Å². The van der Waals surface area contributed by atoms with Crippen LogP contribution in [0, 0.1) is 5.41 Å². The highest BCUT2D eigenvalue weighted by atomic mass is 14.3. The van der Waals surface area contributed by atoms with Gasteiger partial charge in [0.15, 0.2) is 0 Å². The van der Waals surface area contributed by atoms with Crippen LogP contribution in [0.25, 0.3) is 0 Å². The molecule has 0 unspecified atom stereocenters. The van der Waals surface area contributed by atoms with Crippen LogP contribution in [-0.4, -0.2) is 6.21 Å². The predicted molar refractivity (Wildman–Crippen MR) is 67.1 cm³/mol. The highest BCUT2D eigenvalue weighted by Gasteiger charge is 2.00. The van der Waals surface area contributed by atoms with Crippen LogP contribution in [0.2, 0.25) is 0 Å². The van der Waals surface area contributed by atoms with Crippen molar-refractivity contribution in [3.05, 3.63) is 36.0 Å². The normalized spacial score (nSPS) is 13.1. The minimum atomic E-state index is 1.00. The average molecular weight is 193 g/mol. The van der Waals surface area contributed by atoms with Crippen LogP contribution in [0.4, 0.5) is 0 Å². The lowest BCUT2D eigenvalue weighted by Crippen LogP contribution is -1.92. The Balaban J connectivity index is 0. The Morgan fingerprint density at radius 3 is 1.79 bits per heavy atom. The van der Waals surface area contributed by atoms with E-state index in [9.17, 15) is 0 Å². The summed E-state index contributed by atoms with van der Waals surface area (Å²) < 4.78 is 0. The predicted octanol–water partition coefficient (Wildman–Crippen LogP) is 4.52. The third-order valence-corrected chi connectivity index (χ3v) is 1.60. The van der Waals surface area contributed by atoms with E-state index in [1.807, 2.05) is 27.7 Å². The van der Waals surface area contributed by atoms with Crippen LogP contribution in [0.5, 0.6) is 0 Å². The maximum Gasteiger partial charge on any atom is 0.0253 e. The van der Waals surface area contributed by atoms with Gasteiger partial charge in [0, 0.05) is 6.21 Å². The number of hydrogen-bond acceptors (Lipinski definition) is 1. The van der Waals surface area contributed by atoms with Crippen LogP contribution in [0.3, 0.4) is 0 Å². The lowest BCUT2D eigenvalue weighted by atomic mass is 9.99. The van der Waals surface area contributed by atoms with Crippen LogP contribution < -0.4 is 0 Å². The third kappa shape index (κ3) is 5.52. The van der Waals surface area contributed by atoms with Crippen molar-refractivity contribution in [3.8, 4) is 0 Å². The van der Waals surface area contributed by atoms with Gasteiger partial charge in [-0.2, -0.15) is 0 Å². The van der Waals surface area contributed by atoms with Gasteiger partial charge in [-0.05, 0) is 24.0 Å². The van der Waals surface area contributed by atoms with Crippen molar-refractivity contribution in [2.24, 2.45) is 0 Å². The molecule has 0 aromatic heterocycles. The molecular formula is C13H23N. The number of nitrogens with one attached hydrogen (secondary N) is 1. The highest BCUT2D eigenvalue weighted by molar-refractivity contribution is 5.84. The summed E-state index contributed by atoms with van der Waals surface area (Å²) in [7, 11) is 0. The van der Waals surface area contributed by atoms with E-state index in [4.69, 9.17) is 5.41 Å². The van der Waals surface area contributed by atoms with Crippen LogP contribution >= 0.6 is 0 Å². The van der Waals surface area contributed by atoms with Gasteiger partial charge in [0.2, 0.25) is 0 Å². The lowest BCUT2D eigenvalue weighted by Gasteiger charge is -2.06. The maximum atomic E-state index is 7.05. The zero-order valence-corrected chi connectivity index (χ0v) is 9.93. The van der Waals surface area contributed by atoms with E-state index in [1.165, 1.54) is 6.21 Å². The largest absolute Gasteiger partial charge is 0.308 e. The summed E-state index contributed by atoms with van der Waals surface area (Å²) in [6, 6.07) is 0. The van der Waals surface area contributed by atoms with Gasteiger partial charge in [-0.1, -0.05) is 52.5 Å². The monoisotopic (exact) mass is 193 g/mol. The minimum Gasteiger partial charge on any atom is -0.308 e. The molecule has 1 heteroatoms. The fraction of sp³-hybridized carbons (Fsp3) is 0.462. The highest BCUT2D eigenvalue weighted by Crippen LogP contribution is 2.16. The van der Waals surface area contributed by atoms with E-state index < -0.39 is 0 Å². The van der Waals surface area contributed by atoms with Crippen LogP contribution in [0.1, 0.15) is 40.5 Å². The summed E-state index contributed by atoms with van der Waals surface area (Å²) in [6.45, 7) is 11.7. The molecule has 0 heterocycles. The molecule has 14 heavy (non-hydrogen) atoms. The van der Waals surface area contributed by atoms with Gasteiger partial charge in [-0.15, -0.1) is 0 Å². The van der Waals surface area contributed by atoms with E-state index in [-0.39, 0.29) is 0 Å². The molecule has 1 aliphatic rings. The molecule has 0 bridgehead atoms. The molecular weight excluding hydrogens is 170 g/mol. The Labute approximate surface area is 88.7 Å². The average Bonchev–Trinajstić information content (AvgIpc) is 2.34. The summed E-state index contributed by atoms with van der Waals surface area (Å²) >= 11 is 0. The van der Waals surface area contributed by atoms with Gasteiger partial charge < -0.3 is 5.41 Å². The third-order valence-electron chi connectivity index (χ3n) is 1.60.